The van der Waals surface area contributed by atoms with Crippen LogP contribution in [0.25, 0.3) is 10.9 Å². The average molecular weight is 281 g/mol. The molecule has 0 saturated heterocycles. The number of benzene rings is 1. The number of nitrogens with zero attached hydrogens (tertiary/aromatic N) is 1. The molecule has 2 aromatic rings. The van der Waals surface area contributed by atoms with Gasteiger partial charge in [-0.1, -0.05) is 6.07 Å². The molecule has 0 saturated carbocycles. The number of hydrogen-bond donors (Lipinski definition) is 0. The molecule has 5 heteroatoms. The third-order valence-electron chi connectivity index (χ3n) is 3.33. The first-order valence-electron chi connectivity index (χ1n) is 6.29. The lowest BCUT2D eigenvalue weighted by molar-refractivity contribution is 0.420. The Morgan fingerprint density at radius 3 is 2.63 bits per heavy atom. The van der Waals surface area contributed by atoms with E-state index in [4.69, 9.17) is 4.74 Å². The molecule has 1 aromatic carbocycles. The average Bonchev–Trinajstić information content (AvgIpc) is 2.79. The van der Waals surface area contributed by atoms with Gasteiger partial charge in [0.2, 0.25) is 0 Å². The van der Waals surface area contributed by atoms with Crippen molar-refractivity contribution in [3.05, 3.63) is 30.5 Å². The minimum absolute atomic E-state index is 0.158. The van der Waals surface area contributed by atoms with Crippen LogP contribution in [0.5, 0.6) is 5.75 Å². The van der Waals surface area contributed by atoms with Crippen LogP contribution in [0.4, 0.5) is 0 Å². The molecule has 0 bridgehead atoms. The van der Waals surface area contributed by atoms with E-state index >= 15 is 0 Å². The Hall–Kier alpha value is -1.49. The lowest BCUT2D eigenvalue weighted by Crippen LogP contribution is -2.20. The van der Waals surface area contributed by atoms with Crippen LogP contribution < -0.4 is 4.74 Å². The molecule has 0 unspecified atom stereocenters. The highest BCUT2D eigenvalue weighted by molar-refractivity contribution is 7.91. The standard InChI is InChI=1S/C14H19NO3S/c1-11(2)19(16,17)10-9-15-8-7-12-13(15)5-4-6-14(12)18-3/h4-8,11H,9-10H2,1-3H3. The maximum Gasteiger partial charge on any atom is 0.154 e. The van der Waals surface area contributed by atoms with E-state index in [0.29, 0.717) is 6.54 Å². The van der Waals surface area contributed by atoms with E-state index in [1.807, 2.05) is 35.0 Å². The van der Waals surface area contributed by atoms with Crippen molar-refractivity contribution in [2.45, 2.75) is 25.6 Å². The summed E-state index contributed by atoms with van der Waals surface area (Å²) < 4.78 is 30.9. The predicted molar refractivity (Wildman–Crippen MR) is 77.4 cm³/mol. The summed E-state index contributed by atoms with van der Waals surface area (Å²) in [5.41, 5.74) is 0.998. The Bertz CT molecular complexity index is 671. The van der Waals surface area contributed by atoms with E-state index in [0.717, 1.165) is 16.7 Å². The Labute approximate surface area is 113 Å². The molecular weight excluding hydrogens is 262 g/mol. The molecule has 19 heavy (non-hydrogen) atoms. The third kappa shape index (κ3) is 2.76. The molecule has 0 amide bonds. The van der Waals surface area contributed by atoms with Crippen LogP contribution in [0, 0.1) is 0 Å². The Balaban J connectivity index is 2.28. The summed E-state index contributed by atoms with van der Waals surface area (Å²) in [5, 5.41) is 0.677. The fourth-order valence-electron chi connectivity index (χ4n) is 2.03. The van der Waals surface area contributed by atoms with Crippen molar-refractivity contribution in [1.29, 1.82) is 0 Å². The summed E-state index contributed by atoms with van der Waals surface area (Å²) >= 11 is 0. The van der Waals surface area contributed by atoms with Gasteiger partial charge < -0.3 is 9.30 Å². The molecule has 104 valence electrons. The summed E-state index contributed by atoms with van der Waals surface area (Å²) in [5.74, 6) is 0.967. The number of sulfone groups is 1. The summed E-state index contributed by atoms with van der Waals surface area (Å²) in [6.07, 6.45) is 1.91. The molecule has 0 atom stereocenters. The van der Waals surface area contributed by atoms with Gasteiger partial charge in [0.05, 0.1) is 23.6 Å². The third-order valence-corrected chi connectivity index (χ3v) is 5.52. The van der Waals surface area contributed by atoms with Gasteiger partial charge in [0, 0.05) is 18.1 Å². The number of aryl methyl sites for hydroxylation is 1. The highest BCUT2D eigenvalue weighted by Gasteiger charge is 2.16. The molecule has 0 radical (unpaired) electrons. The van der Waals surface area contributed by atoms with Crippen molar-refractivity contribution < 1.29 is 13.2 Å². The topological polar surface area (TPSA) is 48.3 Å². The van der Waals surface area contributed by atoms with Gasteiger partial charge in [0.25, 0.3) is 0 Å². The highest BCUT2D eigenvalue weighted by atomic mass is 32.2. The van der Waals surface area contributed by atoms with E-state index in [9.17, 15) is 8.42 Å². The van der Waals surface area contributed by atoms with Crippen molar-refractivity contribution >= 4 is 20.7 Å². The summed E-state index contributed by atoms with van der Waals surface area (Å²) in [4.78, 5) is 0. The van der Waals surface area contributed by atoms with E-state index in [1.165, 1.54) is 0 Å². The number of aromatic nitrogens is 1. The van der Waals surface area contributed by atoms with E-state index < -0.39 is 9.84 Å². The van der Waals surface area contributed by atoms with Gasteiger partial charge in [-0.25, -0.2) is 8.42 Å². The number of rotatable bonds is 5. The Morgan fingerprint density at radius 2 is 2.00 bits per heavy atom. The van der Waals surface area contributed by atoms with Crippen molar-refractivity contribution in [2.75, 3.05) is 12.9 Å². The zero-order valence-corrected chi connectivity index (χ0v) is 12.3. The van der Waals surface area contributed by atoms with Crippen LogP contribution in [0.15, 0.2) is 30.5 Å². The van der Waals surface area contributed by atoms with Gasteiger partial charge in [0.1, 0.15) is 5.75 Å². The van der Waals surface area contributed by atoms with Crippen molar-refractivity contribution in [2.24, 2.45) is 0 Å². The van der Waals surface area contributed by atoms with Crippen molar-refractivity contribution in [3.63, 3.8) is 0 Å². The predicted octanol–water partition coefficient (Wildman–Crippen LogP) is 2.47. The van der Waals surface area contributed by atoms with Crippen molar-refractivity contribution in [1.82, 2.24) is 4.57 Å². The molecule has 0 fully saturated rings. The fourth-order valence-corrected chi connectivity index (χ4v) is 2.95. The van der Waals surface area contributed by atoms with Gasteiger partial charge in [-0.05, 0) is 32.0 Å². The minimum atomic E-state index is -3.01. The number of ether oxygens (including phenoxy) is 1. The van der Waals surface area contributed by atoms with E-state index in [2.05, 4.69) is 0 Å². The van der Waals surface area contributed by atoms with E-state index in [1.54, 1.807) is 21.0 Å². The van der Waals surface area contributed by atoms with E-state index in [-0.39, 0.29) is 11.0 Å². The summed E-state index contributed by atoms with van der Waals surface area (Å²) in [6.45, 7) is 3.90. The molecule has 2 rings (SSSR count). The van der Waals surface area contributed by atoms with Gasteiger partial charge in [0.15, 0.2) is 9.84 Å². The van der Waals surface area contributed by atoms with Crippen molar-refractivity contribution in [3.8, 4) is 5.75 Å². The number of fused-ring (bicyclic) bond motifs is 1. The maximum absolute atomic E-state index is 11.8. The lowest BCUT2D eigenvalue weighted by atomic mass is 10.2. The smallest absolute Gasteiger partial charge is 0.154 e. The number of methoxy groups -OCH3 is 1. The zero-order valence-electron chi connectivity index (χ0n) is 11.5. The van der Waals surface area contributed by atoms with Gasteiger partial charge >= 0.3 is 0 Å². The van der Waals surface area contributed by atoms with Gasteiger partial charge in [-0.15, -0.1) is 0 Å². The van der Waals surface area contributed by atoms with Gasteiger partial charge in [-0.2, -0.15) is 0 Å². The molecular formula is C14H19NO3S. The second-order valence-corrected chi connectivity index (χ2v) is 7.49. The normalized spacial score (nSPS) is 12.2. The second kappa shape index (κ2) is 5.25. The minimum Gasteiger partial charge on any atom is -0.496 e. The molecule has 4 nitrogen and oxygen atoms in total. The molecule has 0 N–H and O–H groups in total. The first-order valence-corrected chi connectivity index (χ1v) is 8.00. The number of hydrogen-bond acceptors (Lipinski definition) is 3. The quantitative estimate of drug-likeness (QED) is 0.846. The zero-order chi connectivity index (χ0) is 14.0. The van der Waals surface area contributed by atoms with Crippen LogP contribution in [-0.2, 0) is 16.4 Å². The molecule has 0 aliphatic heterocycles. The monoisotopic (exact) mass is 281 g/mol. The summed E-state index contributed by atoms with van der Waals surface area (Å²) in [6, 6.07) is 7.74. The Kier molecular flexibility index (Phi) is 3.85. The summed E-state index contributed by atoms with van der Waals surface area (Å²) in [7, 11) is -1.38. The maximum atomic E-state index is 11.8. The molecule has 0 aliphatic rings. The van der Waals surface area contributed by atoms with Crippen LogP contribution in [0.1, 0.15) is 13.8 Å². The first-order chi connectivity index (χ1) is 8.95. The largest absolute Gasteiger partial charge is 0.496 e. The first kappa shape index (κ1) is 13.9. The van der Waals surface area contributed by atoms with Crippen LogP contribution in [0.3, 0.4) is 0 Å². The SMILES string of the molecule is COc1cccc2c1ccn2CCS(=O)(=O)C(C)C. The Morgan fingerprint density at radius 1 is 1.26 bits per heavy atom. The van der Waals surface area contributed by atoms with Crippen LogP contribution in [-0.4, -0.2) is 31.1 Å². The molecule has 0 spiro atoms. The molecule has 0 aliphatic carbocycles. The lowest BCUT2D eigenvalue weighted by Gasteiger charge is -2.09. The van der Waals surface area contributed by atoms with Crippen LogP contribution in [0.2, 0.25) is 0 Å². The molecule has 1 aromatic heterocycles. The van der Waals surface area contributed by atoms with Gasteiger partial charge in [-0.3, -0.25) is 0 Å². The van der Waals surface area contributed by atoms with Crippen LogP contribution >= 0.6 is 0 Å². The second-order valence-electron chi connectivity index (χ2n) is 4.82. The molecule has 1 heterocycles. The fraction of sp³-hybridized carbons (Fsp3) is 0.429. The highest BCUT2D eigenvalue weighted by Crippen LogP contribution is 2.26.